The Morgan fingerprint density at radius 2 is 1.92 bits per heavy atom. The van der Waals surface area contributed by atoms with Crippen LogP contribution in [0.2, 0.25) is 0 Å². The molecule has 0 saturated heterocycles. The molecular weight excluding hydrogens is 343 g/mol. The van der Waals surface area contributed by atoms with Crippen molar-refractivity contribution in [3.05, 3.63) is 46.8 Å². The first-order chi connectivity index (χ1) is 12.3. The van der Waals surface area contributed by atoms with Crippen molar-refractivity contribution < 1.29 is 18.0 Å². The summed E-state index contributed by atoms with van der Waals surface area (Å²) in [5.41, 5.74) is 0.919. The van der Waals surface area contributed by atoms with Crippen LogP contribution in [0.4, 0.5) is 18.9 Å². The van der Waals surface area contributed by atoms with E-state index >= 15 is 0 Å². The number of anilines is 1. The van der Waals surface area contributed by atoms with E-state index in [9.17, 15) is 18.0 Å². The molecule has 1 aromatic heterocycles. The van der Waals surface area contributed by atoms with Gasteiger partial charge in [-0.15, -0.1) is 0 Å². The molecule has 1 aliphatic rings. The minimum Gasteiger partial charge on any atom is -0.322 e. The third-order valence-corrected chi connectivity index (χ3v) is 4.84. The number of carbonyl (C=O) groups excluding carboxylic acids is 1. The fraction of sp³-hybridized carbons (Fsp3) is 0.474. The lowest BCUT2D eigenvalue weighted by Crippen LogP contribution is -2.19. The molecular formula is C19H22F3N3O. The topological polar surface area (TPSA) is 46.9 Å². The Kier molecular flexibility index (Phi) is 5.07. The highest BCUT2D eigenvalue weighted by atomic mass is 19.4. The number of halogens is 3. The standard InChI is InChI=1S/C19H22F3N3O/c1-12-8-9-14(13-6-4-3-5-7-13)16(10-12)23-18(26)15-11-25(2)24-17(15)19(20,21)22/h8-11,13H,3-7H2,1-2H3,(H,23,26). The van der Waals surface area contributed by atoms with E-state index in [4.69, 9.17) is 0 Å². The zero-order chi connectivity index (χ0) is 18.9. The molecule has 1 N–H and O–H groups in total. The van der Waals surface area contributed by atoms with Gasteiger partial charge < -0.3 is 5.32 Å². The lowest BCUT2D eigenvalue weighted by molar-refractivity contribution is -0.141. The Morgan fingerprint density at radius 3 is 2.58 bits per heavy atom. The lowest BCUT2D eigenvalue weighted by Gasteiger charge is -2.24. The van der Waals surface area contributed by atoms with E-state index in [1.54, 1.807) is 0 Å². The summed E-state index contributed by atoms with van der Waals surface area (Å²) in [4.78, 5) is 12.6. The van der Waals surface area contributed by atoms with Gasteiger partial charge in [-0.3, -0.25) is 9.48 Å². The van der Waals surface area contributed by atoms with Crippen LogP contribution in [0.3, 0.4) is 0 Å². The van der Waals surface area contributed by atoms with Gasteiger partial charge in [-0.2, -0.15) is 18.3 Å². The van der Waals surface area contributed by atoms with Gasteiger partial charge in [0.2, 0.25) is 0 Å². The van der Waals surface area contributed by atoms with Crippen LogP contribution in [-0.4, -0.2) is 15.7 Å². The molecule has 1 aromatic carbocycles. The summed E-state index contributed by atoms with van der Waals surface area (Å²) in [6, 6.07) is 5.78. The number of aromatic nitrogens is 2. The molecule has 0 spiro atoms. The van der Waals surface area contributed by atoms with Crippen LogP contribution in [-0.2, 0) is 13.2 Å². The SMILES string of the molecule is Cc1ccc(C2CCCCC2)c(NC(=O)c2cn(C)nc2C(F)(F)F)c1. The van der Waals surface area contributed by atoms with Gasteiger partial charge >= 0.3 is 6.18 Å². The van der Waals surface area contributed by atoms with E-state index in [2.05, 4.69) is 10.4 Å². The zero-order valence-electron chi connectivity index (χ0n) is 14.9. The highest BCUT2D eigenvalue weighted by Crippen LogP contribution is 2.37. The maximum absolute atomic E-state index is 13.1. The Labute approximate surface area is 150 Å². The van der Waals surface area contributed by atoms with Crippen molar-refractivity contribution in [3.8, 4) is 0 Å². The molecule has 7 heteroatoms. The van der Waals surface area contributed by atoms with Crippen molar-refractivity contribution in [2.45, 2.75) is 51.1 Å². The maximum Gasteiger partial charge on any atom is 0.435 e. The Hall–Kier alpha value is -2.31. The summed E-state index contributed by atoms with van der Waals surface area (Å²) in [6.45, 7) is 1.89. The number of nitrogens with zero attached hydrogens (tertiary/aromatic N) is 2. The van der Waals surface area contributed by atoms with Crippen LogP contribution >= 0.6 is 0 Å². The molecule has 0 radical (unpaired) electrons. The number of nitrogens with one attached hydrogen (secondary N) is 1. The fourth-order valence-corrected chi connectivity index (χ4v) is 3.60. The average molecular weight is 365 g/mol. The summed E-state index contributed by atoms with van der Waals surface area (Å²) < 4.78 is 40.4. The second kappa shape index (κ2) is 7.13. The number of carbonyl (C=O) groups is 1. The van der Waals surface area contributed by atoms with Crippen molar-refractivity contribution >= 4 is 11.6 Å². The molecule has 2 aromatic rings. The molecule has 0 unspecified atom stereocenters. The number of alkyl halides is 3. The van der Waals surface area contributed by atoms with Crippen LogP contribution in [0.25, 0.3) is 0 Å². The van der Waals surface area contributed by atoms with Crippen molar-refractivity contribution in [2.24, 2.45) is 7.05 Å². The molecule has 3 rings (SSSR count). The molecule has 1 saturated carbocycles. The number of benzene rings is 1. The number of hydrogen-bond donors (Lipinski definition) is 1. The smallest absolute Gasteiger partial charge is 0.322 e. The fourth-order valence-electron chi connectivity index (χ4n) is 3.60. The van der Waals surface area contributed by atoms with Gasteiger partial charge in [0.1, 0.15) is 0 Å². The molecule has 26 heavy (non-hydrogen) atoms. The maximum atomic E-state index is 13.1. The summed E-state index contributed by atoms with van der Waals surface area (Å²) >= 11 is 0. The molecule has 0 atom stereocenters. The zero-order valence-corrected chi connectivity index (χ0v) is 14.9. The Balaban J connectivity index is 1.92. The number of hydrogen-bond acceptors (Lipinski definition) is 2. The number of aryl methyl sites for hydroxylation is 2. The molecule has 0 aliphatic heterocycles. The largest absolute Gasteiger partial charge is 0.435 e. The first kappa shape index (κ1) is 18.5. The van der Waals surface area contributed by atoms with Gasteiger partial charge in [-0.1, -0.05) is 31.4 Å². The van der Waals surface area contributed by atoms with Crippen LogP contribution in [0.1, 0.15) is 65.2 Å². The molecule has 1 heterocycles. The second-order valence-electron chi connectivity index (χ2n) is 6.94. The highest BCUT2D eigenvalue weighted by Gasteiger charge is 2.39. The van der Waals surface area contributed by atoms with Gasteiger partial charge in [0.05, 0.1) is 5.56 Å². The van der Waals surface area contributed by atoms with Gasteiger partial charge in [-0.05, 0) is 42.9 Å². The first-order valence-electron chi connectivity index (χ1n) is 8.78. The minimum absolute atomic E-state index is 0.329. The van der Waals surface area contributed by atoms with Gasteiger partial charge in [-0.25, -0.2) is 0 Å². The predicted molar refractivity (Wildman–Crippen MR) is 93.2 cm³/mol. The highest BCUT2D eigenvalue weighted by molar-refractivity contribution is 6.05. The van der Waals surface area contributed by atoms with E-state index in [0.29, 0.717) is 11.6 Å². The average Bonchev–Trinajstić information content (AvgIpc) is 2.98. The van der Waals surface area contributed by atoms with Gasteiger partial charge in [0.25, 0.3) is 5.91 Å². The molecule has 1 fully saturated rings. The minimum atomic E-state index is -4.67. The van der Waals surface area contributed by atoms with Crippen molar-refractivity contribution in [1.82, 2.24) is 9.78 Å². The van der Waals surface area contributed by atoms with E-state index in [-0.39, 0.29) is 0 Å². The van der Waals surface area contributed by atoms with Crippen molar-refractivity contribution in [1.29, 1.82) is 0 Å². The third-order valence-electron chi connectivity index (χ3n) is 4.84. The molecule has 140 valence electrons. The van der Waals surface area contributed by atoms with Crippen LogP contribution in [0, 0.1) is 6.92 Å². The summed E-state index contributed by atoms with van der Waals surface area (Å²) in [6.07, 6.45) is 1.97. The summed E-state index contributed by atoms with van der Waals surface area (Å²) in [5, 5.41) is 6.10. The number of rotatable bonds is 3. The van der Waals surface area contributed by atoms with E-state index in [1.165, 1.54) is 13.5 Å². The quantitative estimate of drug-likeness (QED) is 0.828. The molecule has 1 aliphatic carbocycles. The lowest BCUT2D eigenvalue weighted by atomic mass is 9.83. The van der Waals surface area contributed by atoms with Crippen molar-refractivity contribution in [2.75, 3.05) is 5.32 Å². The van der Waals surface area contributed by atoms with Crippen molar-refractivity contribution in [3.63, 3.8) is 0 Å². The van der Waals surface area contributed by atoms with E-state index in [1.807, 2.05) is 25.1 Å². The number of amides is 1. The Bertz CT molecular complexity index is 805. The van der Waals surface area contributed by atoms with E-state index in [0.717, 1.165) is 47.7 Å². The van der Waals surface area contributed by atoms with Crippen LogP contribution in [0.5, 0.6) is 0 Å². The van der Waals surface area contributed by atoms with Crippen LogP contribution in [0.15, 0.2) is 24.4 Å². The summed E-state index contributed by atoms with van der Waals surface area (Å²) in [5.74, 6) is -0.455. The van der Waals surface area contributed by atoms with E-state index < -0.39 is 23.3 Å². The normalized spacial score (nSPS) is 15.9. The van der Waals surface area contributed by atoms with Gasteiger partial charge in [0, 0.05) is 18.9 Å². The van der Waals surface area contributed by atoms with Gasteiger partial charge in [0.15, 0.2) is 5.69 Å². The third kappa shape index (κ3) is 3.92. The predicted octanol–water partition coefficient (Wildman–Crippen LogP) is 5.05. The first-order valence-corrected chi connectivity index (χ1v) is 8.78. The molecule has 0 bridgehead atoms. The second-order valence-corrected chi connectivity index (χ2v) is 6.94. The van der Waals surface area contributed by atoms with Crippen LogP contribution < -0.4 is 5.32 Å². The summed E-state index contributed by atoms with van der Waals surface area (Å²) in [7, 11) is 1.37. The molecule has 1 amide bonds. The molecule has 4 nitrogen and oxygen atoms in total. The monoisotopic (exact) mass is 365 g/mol. The Morgan fingerprint density at radius 1 is 1.23 bits per heavy atom.